The summed E-state index contributed by atoms with van der Waals surface area (Å²) in [6.45, 7) is 13.3. The first-order valence-electron chi connectivity index (χ1n) is 7.50. The lowest BCUT2D eigenvalue weighted by Gasteiger charge is -2.25. The molecule has 0 aromatic carbocycles. The molecule has 3 N–H and O–H groups in total. The van der Waals surface area contributed by atoms with Crippen LogP contribution >= 0.6 is 0 Å². The Bertz CT molecular complexity index is 271. The summed E-state index contributed by atoms with van der Waals surface area (Å²) in [5.74, 6) is 0.747. The molecule has 5 heteroatoms. The predicted octanol–water partition coefficient (Wildman–Crippen LogP) is 2.14. The third-order valence-corrected chi connectivity index (χ3v) is 3.23. The quantitative estimate of drug-likeness (QED) is 0.640. The van der Waals surface area contributed by atoms with Gasteiger partial charge in [-0.05, 0) is 39.0 Å². The first kappa shape index (κ1) is 19.2. The summed E-state index contributed by atoms with van der Waals surface area (Å²) in [5.41, 5.74) is -0.472. The van der Waals surface area contributed by atoms with E-state index in [0.29, 0.717) is 18.4 Å². The molecule has 0 saturated heterocycles. The molecular formula is C15H32N2O3. The molecule has 0 rings (SSSR count). The fourth-order valence-electron chi connectivity index (χ4n) is 1.73. The highest BCUT2D eigenvalue weighted by atomic mass is 16.6. The third kappa shape index (κ3) is 9.15. The minimum Gasteiger partial charge on any atom is -0.444 e. The molecule has 0 aromatic heterocycles. The van der Waals surface area contributed by atoms with Crippen LogP contribution in [0.15, 0.2) is 0 Å². The van der Waals surface area contributed by atoms with Gasteiger partial charge in [-0.3, -0.25) is 0 Å². The number of carbonyl (C=O) groups excluding carboxylic acids is 1. The first-order chi connectivity index (χ1) is 9.19. The number of carbonyl (C=O) groups is 1. The highest BCUT2D eigenvalue weighted by Crippen LogP contribution is 2.11. The van der Waals surface area contributed by atoms with Gasteiger partial charge in [0.15, 0.2) is 0 Å². The van der Waals surface area contributed by atoms with E-state index in [4.69, 9.17) is 4.74 Å². The van der Waals surface area contributed by atoms with Gasteiger partial charge in [0.1, 0.15) is 5.60 Å². The Labute approximate surface area is 123 Å². The summed E-state index contributed by atoms with van der Waals surface area (Å²) in [5, 5.41) is 15.3. The number of amides is 1. The van der Waals surface area contributed by atoms with Gasteiger partial charge in [-0.25, -0.2) is 4.79 Å². The molecule has 1 amide bonds. The molecule has 0 aliphatic heterocycles. The van der Waals surface area contributed by atoms with E-state index in [1.807, 2.05) is 27.7 Å². The van der Waals surface area contributed by atoms with Crippen molar-refractivity contribution in [1.82, 2.24) is 10.6 Å². The average Bonchev–Trinajstić information content (AvgIpc) is 2.31. The van der Waals surface area contributed by atoms with E-state index in [1.165, 1.54) is 0 Å². The van der Waals surface area contributed by atoms with Crippen molar-refractivity contribution in [3.8, 4) is 0 Å². The van der Waals surface area contributed by atoms with Crippen LogP contribution in [0.5, 0.6) is 0 Å². The monoisotopic (exact) mass is 288 g/mol. The maximum Gasteiger partial charge on any atom is 0.407 e. The van der Waals surface area contributed by atoms with E-state index < -0.39 is 5.60 Å². The Hall–Kier alpha value is -0.810. The number of hydrogen-bond acceptors (Lipinski definition) is 4. The molecule has 0 radical (unpaired) electrons. The molecular weight excluding hydrogens is 256 g/mol. The van der Waals surface area contributed by atoms with Crippen molar-refractivity contribution < 1.29 is 14.6 Å². The molecule has 0 saturated carbocycles. The Morgan fingerprint density at radius 2 is 1.85 bits per heavy atom. The summed E-state index contributed by atoms with van der Waals surface area (Å²) in [6.07, 6.45) is 0.512. The van der Waals surface area contributed by atoms with Gasteiger partial charge in [-0.2, -0.15) is 0 Å². The van der Waals surface area contributed by atoms with Gasteiger partial charge in [0.2, 0.25) is 0 Å². The van der Waals surface area contributed by atoms with Crippen LogP contribution in [0.3, 0.4) is 0 Å². The maximum atomic E-state index is 11.6. The van der Waals surface area contributed by atoms with Crippen LogP contribution in [0.4, 0.5) is 4.79 Å². The van der Waals surface area contributed by atoms with Gasteiger partial charge < -0.3 is 20.5 Å². The highest BCUT2D eigenvalue weighted by Gasteiger charge is 2.19. The Kier molecular flexibility index (Phi) is 8.81. The van der Waals surface area contributed by atoms with Crippen molar-refractivity contribution in [2.45, 2.75) is 59.6 Å². The number of aliphatic hydroxyl groups excluding tert-OH is 1. The Morgan fingerprint density at radius 3 is 2.25 bits per heavy atom. The number of alkyl carbamates (subject to hydrolysis) is 1. The molecule has 120 valence electrons. The summed E-state index contributed by atoms with van der Waals surface area (Å²) >= 11 is 0. The van der Waals surface area contributed by atoms with Crippen LogP contribution in [-0.4, -0.2) is 42.5 Å². The zero-order valence-corrected chi connectivity index (χ0v) is 13.8. The summed E-state index contributed by atoms with van der Waals surface area (Å²) in [4.78, 5) is 11.6. The molecule has 0 bridgehead atoms. The van der Waals surface area contributed by atoms with Crippen LogP contribution in [0.2, 0.25) is 0 Å². The normalized spacial score (nSPS) is 15.0. The maximum absolute atomic E-state index is 11.6. The van der Waals surface area contributed by atoms with E-state index in [9.17, 15) is 9.90 Å². The van der Waals surface area contributed by atoms with Gasteiger partial charge in [0.25, 0.3) is 0 Å². The van der Waals surface area contributed by atoms with Crippen LogP contribution in [0, 0.1) is 11.8 Å². The number of nitrogens with one attached hydrogen (secondary N) is 2. The van der Waals surface area contributed by atoms with Crippen molar-refractivity contribution >= 4 is 6.09 Å². The largest absolute Gasteiger partial charge is 0.444 e. The van der Waals surface area contributed by atoms with E-state index in [1.54, 1.807) is 0 Å². The van der Waals surface area contributed by atoms with Crippen molar-refractivity contribution in [3.63, 3.8) is 0 Å². The number of aliphatic hydroxyl groups is 1. The minimum atomic E-state index is -0.472. The van der Waals surface area contributed by atoms with Crippen molar-refractivity contribution in [1.29, 1.82) is 0 Å². The molecule has 0 aliphatic rings. The standard InChI is InChI=1S/C15H32N2O3/c1-7-13(10-18)16-8-12(11(2)3)9-17-14(19)20-15(4,5)6/h11-13,16,18H,7-10H2,1-6H3,(H,17,19)/t12?,13-/m1/s1. The molecule has 1 unspecified atom stereocenters. The molecule has 0 fully saturated rings. The molecule has 0 heterocycles. The Balaban J connectivity index is 4.18. The smallest absolute Gasteiger partial charge is 0.407 e. The van der Waals surface area contributed by atoms with Crippen molar-refractivity contribution in [2.75, 3.05) is 19.7 Å². The minimum absolute atomic E-state index is 0.123. The summed E-state index contributed by atoms with van der Waals surface area (Å²) < 4.78 is 5.23. The van der Waals surface area contributed by atoms with E-state index in [0.717, 1.165) is 13.0 Å². The molecule has 2 atom stereocenters. The van der Waals surface area contributed by atoms with Gasteiger partial charge >= 0.3 is 6.09 Å². The predicted molar refractivity (Wildman–Crippen MR) is 81.7 cm³/mol. The topological polar surface area (TPSA) is 70.6 Å². The average molecular weight is 288 g/mol. The van der Waals surface area contributed by atoms with Gasteiger partial charge in [0, 0.05) is 19.1 Å². The van der Waals surface area contributed by atoms with Crippen molar-refractivity contribution in [2.24, 2.45) is 11.8 Å². The van der Waals surface area contributed by atoms with E-state index in [2.05, 4.69) is 24.5 Å². The van der Waals surface area contributed by atoms with Gasteiger partial charge in [-0.15, -0.1) is 0 Å². The lowest BCUT2D eigenvalue weighted by molar-refractivity contribution is 0.0514. The molecule has 0 spiro atoms. The van der Waals surface area contributed by atoms with Crippen molar-refractivity contribution in [3.05, 3.63) is 0 Å². The van der Waals surface area contributed by atoms with Crippen LogP contribution < -0.4 is 10.6 Å². The van der Waals surface area contributed by atoms with E-state index >= 15 is 0 Å². The zero-order chi connectivity index (χ0) is 15.8. The molecule has 5 nitrogen and oxygen atoms in total. The third-order valence-electron chi connectivity index (χ3n) is 3.23. The lowest BCUT2D eigenvalue weighted by atomic mass is 9.95. The van der Waals surface area contributed by atoms with Gasteiger partial charge in [0.05, 0.1) is 6.61 Å². The lowest BCUT2D eigenvalue weighted by Crippen LogP contribution is -2.42. The fourth-order valence-corrected chi connectivity index (χ4v) is 1.73. The van der Waals surface area contributed by atoms with Crippen LogP contribution in [0.1, 0.15) is 48.0 Å². The first-order valence-corrected chi connectivity index (χ1v) is 7.50. The molecule has 20 heavy (non-hydrogen) atoms. The second kappa shape index (κ2) is 9.19. The summed E-state index contributed by atoms with van der Waals surface area (Å²) in [7, 11) is 0. The van der Waals surface area contributed by atoms with Gasteiger partial charge in [-0.1, -0.05) is 20.8 Å². The highest BCUT2D eigenvalue weighted by molar-refractivity contribution is 5.67. The molecule has 0 aromatic rings. The number of ether oxygens (including phenoxy) is 1. The second-order valence-electron chi connectivity index (χ2n) is 6.58. The van der Waals surface area contributed by atoms with E-state index in [-0.39, 0.29) is 18.7 Å². The number of hydrogen-bond donors (Lipinski definition) is 3. The zero-order valence-electron chi connectivity index (χ0n) is 13.8. The SMILES string of the molecule is CC[C@H](CO)NCC(CNC(=O)OC(C)(C)C)C(C)C. The fraction of sp³-hybridized carbons (Fsp3) is 0.933. The number of rotatable bonds is 8. The van der Waals surface area contributed by atoms with Crippen LogP contribution in [-0.2, 0) is 4.74 Å². The molecule has 0 aliphatic carbocycles. The van der Waals surface area contributed by atoms with Crippen LogP contribution in [0.25, 0.3) is 0 Å². The Morgan fingerprint density at radius 1 is 1.25 bits per heavy atom. The second-order valence-corrected chi connectivity index (χ2v) is 6.58. The summed E-state index contributed by atoms with van der Waals surface area (Å²) in [6, 6.07) is 0.123.